The number of nitrogens with zero attached hydrogens (tertiary/aromatic N) is 1. The average molecular weight is 358 g/mol. The molecule has 3 nitrogen and oxygen atoms in total. The molecule has 2 aromatic rings. The Kier molecular flexibility index (Phi) is 4.52. The zero-order valence-corrected chi connectivity index (χ0v) is 15.2. The van der Waals surface area contributed by atoms with Gasteiger partial charge in [0.15, 0.2) is 0 Å². The van der Waals surface area contributed by atoms with Gasteiger partial charge < -0.3 is 0 Å². The molecule has 0 bridgehead atoms. The first kappa shape index (κ1) is 16.8. The zero-order valence-electron chi connectivity index (χ0n) is 13.6. The summed E-state index contributed by atoms with van der Waals surface area (Å²) < 4.78 is 0. The van der Waals surface area contributed by atoms with Crippen LogP contribution in [0.5, 0.6) is 0 Å². The number of halogens is 1. The number of hydrogen-bond acceptors (Lipinski definition) is 3. The van der Waals surface area contributed by atoms with E-state index in [0.29, 0.717) is 15.6 Å². The highest BCUT2D eigenvalue weighted by molar-refractivity contribution is 8.19. The van der Waals surface area contributed by atoms with Gasteiger partial charge in [-0.05, 0) is 79.1 Å². The minimum atomic E-state index is -0.291. The lowest BCUT2D eigenvalue weighted by molar-refractivity contribution is -0.113. The number of hydrogen-bond donors (Lipinski definition) is 0. The molecule has 0 aliphatic carbocycles. The molecule has 2 aromatic carbocycles. The van der Waals surface area contributed by atoms with Gasteiger partial charge in [-0.25, -0.2) is 4.90 Å². The summed E-state index contributed by atoms with van der Waals surface area (Å²) in [6.07, 6.45) is 0. The number of anilines is 1. The molecule has 24 heavy (non-hydrogen) atoms. The highest BCUT2D eigenvalue weighted by Gasteiger charge is 2.37. The Balaban J connectivity index is 2.00. The monoisotopic (exact) mass is 357 g/mol. The van der Waals surface area contributed by atoms with Crippen LogP contribution in [-0.4, -0.2) is 11.1 Å². The van der Waals surface area contributed by atoms with E-state index in [1.54, 1.807) is 24.3 Å². The lowest BCUT2D eigenvalue weighted by atomic mass is 10.0. The van der Waals surface area contributed by atoms with Crippen LogP contribution in [-0.2, 0) is 4.79 Å². The van der Waals surface area contributed by atoms with Gasteiger partial charge in [-0.2, -0.15) is 0 Å². The molecular weight excluding hydrogens is 342 g/mol. The third kappa shape index (κ3) is 2.99. The minimum Gasteiger partial charge on any atom is -0.268 e. The number of carbonyl (C=O) groups excluding carboxylic acids is 2. The fourth-order valence-corrected chi connectivity index (χ4v) is 3.55. The fourth-order valence-electron chi connectivity index (χ4n) is 2.52. The number of thioether (sulfide) groups is 1. The maximum Gasteiger partial charge on any atom is 0.298 e. The van der Waals surface area contributed by atoms with E-state index in [1.165, 1.54) is 10.5 Å². The average Bonchev–Trinajstić information content (AvgIpc) is 2.85. The molecule has 1 aliphatic rings. The van der Waals surface area contributed by atoms with Crippen LogP contribution >= 0.6 is 23.4 Å². The molecule has 122 valence electrons. The van der Waals surface area contributed by atoms with Gasteiger partial charge in [0.25, 0.3) is 11.1 Å². The Labute approximate surface area is 150 Å². The standard InChI is InChI=1S/C19H16ClNO2S/c1-11-4-5-14(10-12(11)2)13(3)17-18(22)21(19(23)24-17)16-8-6-15(20)7-9-16/h4-10H,1-3H3/b17-13-. The van der Waals surface area contributed by atoms with Crippen molar-refractivity contribution in [3.63, 3.8) is 0 Å². The topological polar surface area (TPSA) is 37.4 Å². The SMILES string of the molecule is C/C(=C1/SC(=O)N(c2ccc(Cl)cc2)C1=O)c1ccc(C)c(C)c1. The molecule has 0 radical (unpaired) electrons. The first-order chi connectivity index (χ1) is 11.4. The van der Waals surface area contributed by atoms with E-state index in [0.717, 1.165) is 28.5 Å². The Hall–Kier alpha value is -2.04. The smallest absolute Gasteiger partial charge is 0.268 e. The van der Waals surface area contributed by atoms with Crippen molar-refractivity contribution in [3.05, 3.63) is 69.1 Å². The van der Waals surface area contributed by atoms with Gasteiger partial charge in [0.2, 0.25) is 0 Å². The molecular formula is C19H16ClNO2S. The second-order valence-electron chi connectivity index (χ2n) is 5.74. The second kappa shape index (κ2) is 6.46. The van der Waals surface area contributed by atoms with Gasteiger partial charge in [-0.3, -0.25) is 9.59 Å². The van der Waals surface area contributed by atoms with Crippen LogP contribution in [0.4, 0.5) is 10.5 Å². The number of benzene rings is 2. The predicted octanol–water partition coefficient (Wildman–Crippen LogP) is 5.59. The van der Waals surface area contributed by atoms with Crippen LogP contribution in [0.15, 0.2) is 47.4 Å². The Morgan fingerprint density at radius 2 is 1.67 bits per heavy atom. The highest BCUT2D eigenvalue weighted by Crippen LogP contribution is 2.39. The molecule has 0 atom stereocenters. The normalized spacial score (nSPS) is 16.8. The van der Waals surface area contributed by atoms with Gasteiger partial charge in [0.05, 0.1) is 10.6 Å². The second-order valence-corrected chi connectivity index (χ2v) is 7.14. The van der Waals surface area contributed by atoms with E-state index in [-0.39, 0.29) is 11.1 Å². The van der Waals surface area contributed by atoms with Crippen LogP contribution < -0.4 is 4.90 Å². The summed E-state index contributed by atoms with van der Waals surface area (Å²) in [5.74, 6) is -0.289. The predicted molar refractivity (Wildman–Crippen MR) is 100 cm³/mol. The molecule has 2 amide bonds. The Morgan fingerprint density at radius 3 is 2.29 bits per heavy atom. The van der Waals surface area contributed by atoms with Crippen LogP contribution in [0.1, 0.15) is 23.6 Å². The molecule has 0 aromatic heterocycles. The summed E-state index contributed by atoms with van der Waals surface area (Å²) in [6, 6.07) is 12.7. The van der Waals surface area contributed by atoms with Crippen LogP contribution in [0.2, 0.25) is 5.02 Å². The number of allylic oxidation sites excluding steroid dienone is 1. The van der Waals surface area contributed by atoms with Gasteiger partial charge in [-0.15, -0.1) is 0 Å². The lowest BCUT2D eigenvalue weighted by Crippen LogP contribution is -2.27. The first-order valence-electron chi connectivity index (χ1n) is 7.49. The summed E-state index contributed by atoms with van der Waals surface area (Å²) in [7, 11) is 0. The third-order valence-corrected chi connectivity index (χ3v) is 5.43. The maximum atomic E-state index is 12.8. The van der Waals surface area contributed by atoms with Gasteiger partial charge >= 0.3 is 0 Å². The lowest BCUT2D eigenvalue weighted by Gasteiger charge is -2.13. The van der Waals surface area contributed by atoms with E-state index < -0.39 is 0 Å². The molecule has 0 spiro atoms. The highest BCUT2D eigenvalue weighted by atomic mass is 35.5. The van der Waals surface area contributed by atoms with E-state index in [9.17, 15) is 9.59 Å². The number of carbonyl (C=O) groups is 2. The van der Waals surface area contributed by atoms with Crippen molar-refractivity contribution in [2.24, 2.45) is 0 Å². The van der Waals surface area contributed by atoms with Gasteiger partial charge in [0, 0.05) is 5.02 Å². The van der Waals surface area contributed by atoms with E-state index in [1.807, 2.05) is 39.0 Å². The number of rotatable bonds is 2. The minimum absolute atomic E-state index is 0.289. The van der Waals surface area contributed by atoms with E-state index in [2.05, 4.69) is 0 Å². The molecule has 1 heterocycles. The van der Waals surface area contributed by atoms with Crippen molar-refractivity contribution in [3.8, 4) is 0 Å². The van der Waals surface area contributed by atoms with Crippen molar-refractivity contribution >= 4 is 45.8 Å². The molecule has 0 saturated carbocycles. The quantitative estimate of drug-likeness (QED) is 0.657. The number of amides is 2. The molecule has 0 N–H and O–H groups in total. The molecule has 1 aliphatic heterocycles. The number of imide groups is 1. The summed E-state index contributed by atoms with van der Waals surface area (Å²) in [5.41, 5.74) is 4.66. The summed E-state index contributed by atoms with van der Waals surface area (Å²) in [5, 5.41) is 0.271. The number of aryl methyl sites for hydroxylation is 2. The van der Waals surface area contributed by atoms with Crippen molar-refractivity contribution in [1.29, 1.82) is 0 Å². The Morgan fingerprint density at radius 1 is 1.00 bits per heavy atom. The van der Waals surface area contributed by atoms with E-state index in [4.69, 9.17) is 11.6 Å². The molecule has 3 rings (SSSR count). The van der Waals surface area contributed by atoms with Gasteiger partial charge in [-0.1, -0.05) is 29.8 Å². The Bertz CT molecular complexity index is 871. The van der Waals surface area contributed by atoms with E-state index >= 15 is 0 Å². The summed E-state index contributed by atoms with van der Waals surface area (Å²) in [6.45, 7) is 5.96. The summed E-state index contributed by atoms with van der Waals surface area (Å²) >= 11 is 6.85. The van der Waals surface area contributed by atoms with Crippen molar-refractivity contribution in [2.75, 3.05) is 4.90 Å². The third-order valence-electron chi connectivity index (χ3n) is 4.13. The van der Waals surface area contributed by atoms with Crippen molar-refractivity contribution in [1.82, 2.24) is 0 Å². The molecule has 1 fully saturated rings. The zero-order chi connectivity index (χ0) is 17.4. The van der Waals surface area contributed by atoms with Gasteiger partial charge in [0.1, 0.15) is 0 Å². The molecule has 0 unspecified atom stereocenters. The largest absolute Gasteiger partial charge is 0.298 e. The maximum absolute atomic E-state index is 12.8. The van der Waals surface area contributed by atoms with Crippen LogP contribution in [0, 0.1) is 13.8 Å². The van der Waals surface area contributed by atoms with Crippen molar-refractivity contribution in [2.45, 2.75) is 20.8 Å². The fraction of sp³-hybridized carbons (Fsp3) is 0.158. The molecule has 1 saturated heterocycles. The van der Waals surface area contributed by atoms with Crippen molar-refractivity contribution < 1.29 is 9.59 Å². The summed E-state index contributed by atoms with van der Waals surface area (Å²) in [4.78, 5) is 26.8. The van der Waals surface area contributed by atoms with Crippen LogP contribution in [0.25, 0.3) is 5.57 Å². The first-order valence-corrected chi connectivity index (χ1v) is 8.68. The van der Waals surface area contributed by atoms with Crippen LogP contribution in [0.3, 0.4) is 0 Å². The molecule has 5 heteroatoms.